The van der Waals surface area contributed by atoms with Gasteiger partial charge in [-0.3, -0.25) is 4.57 Å². The first-order valence-electron chi connectivity index (χ1n) is 6.50. The van der Waals surface area contributed by atoms with Crippen molar-refractivity contribution in [1.82, 2.24) is 9.55 Å². The molecule has 5 heteroatoms. The molecular formula is C16H14N2O3. The smallest absolute Gasteiger partial charge is 0.437 e. The molecule has 21 heavy (non-hydrogen) atoms. The zero-order valence-electron chi connectivity index (χ0n) is 11.7. The van der Waals surface area contributed by atoms with Crippen LogP contribution in [0, 0.1) is 6.92 Å². The second kappa shape index (κ2) is 5.28. The number of benzene rings is 2. The Bertz CT molecular complexity index is 794. The number of nitrogens with zero attached hydrogens (tertiary/aromatic N) is 2. The lowest BCUT2D eigenvalue weighted by Gasteiger charge is -2.10. The highest BCUT2D eigenvalue weighted by Gasteiger charge is 2.16. The van der Waals surface area contributed by atoms with E-state index in [-0.39, 0.29) is 0 Å². The molecular weight excluding hydrogens is 268 g/mol. The Labute approximate surface area is 121 Å². The van der Waals surface area contributed by atoms with Gasteiger partial charge in [0.15, 0.2) is 5.75 Å². The SMILES string of the molecule is COC(=O)Oc1cccc2nc(C)n(-c3ccccc3)c12. The van der Waals surface area contributed by atoms with Crippen molar-refractivity contribution in [1.29, 1.82) is 0 Å². The summed E-state index contributed by atoms with van der Waals surface area (Å²) in [5, 5.41) is 0. The van der Waals surface area contributed by atoms with Gasteiger partial charge in [-0.1, -0.05) is 24.3 Å². The number of aromatic nitrogens is 2. The molecule has 0 amide bonds. The summed E-state index contributed by atoms with van der Waals surface area (Å²) < 4.78 is 11.7. The maximum Gasteiger partial charge on any atom is 0.513 e. The fourth-order valence-corrected chi connectivity index (χ4v) is 2.32. The number of aryl methyl sites for hydroxylation is 1. The summed E-state index contributed by atoms with van der Waals surface area (Å²) in [6, 6.07) is 15.2. The molecule has 0 aliphatic carbocycles. The van der Waals surface area contributed by atoms with E-state index >= 15 is 0 Å². The van der Waals surface area contributed by atoms with Crippen LogP contribution in [0.5, 0.6) is 5.75 Å². The fourth-order valence-electron chi connectivity index (χ4n) is 2.32. The normalized spacial score (nSPS) is 10.6. The summed E-state index contributed by atoms with van der Waals surface area (Å²) >= 11 is 0. The molecule has 0 aliphatic heterocycles. The van der Waals surface area contributed by atoms with Crippen molar-refractivity contribution < 1.29 is 14.3 Å². The molecule has 0 spiro atoms. The van der Waals surface area contributed by atoms with Crippen LogP contribution >= 0.6 is 0 Å². The van der Waals surface area contributed by atoms with Crippen molar-refractivity contribution >= 4 is 17.2 Å². The van der Waals surface area contributed by atoms with E-state index in [1.165, 1.54) is 7.11 Å². The third-order valence-corrected chi connectivity index (χ3v) is 3.18. The summed E-state index contributed by atoms with van der Waals surface area (Å²) in [4.78, 5) is 15.9. The molecule has 3 aromatic rings. The highest BCUT2D eigenvalue weighted by atomic mass is 16.7. The highest BCUT2D eigenvalue weighted by Crippen LogP contribution is 2.29. The number of carbonyl (C=O) groups is 1. The second-order valence-electron chi connectivity index (χ2n) is 4.51. The number of methoxy groups -OCH3 is 1. The summed E-state index contributed by atoms with van der Waals surface area (Å²) in [5.74, 6) is 1.24. The second-order valence-corrected chi connectivity index (χ2v) is 4.51. The number of rotatable bonds is 2. The minimum Gasteiger partial charge on any atom is -0.437 e. The van der Waals surface area contributed by atoms with E-state index in [1.54, 1.807) is 12.1 Å². The third kappa shape index (κ3) is 2.33. The van der Waals surface area contributed by atoms with E-state index in [4.69, 9.17) is 4.74 Å². The van der Waals surface area contributed by atoms with E-state index in [2.05, 4.69) is 9.72 Å². The Kier molecular flexibility index (Phi) is 3.31. The Hall–Kier alpha value is -2.82. The van der Waals surface area contributed by atoms with Crippen molar-refractivity contribution in [2.45, 2.75) is 6.92 Å². The Morgan fingerprint density at radius 3 is 2.57 bits per heavy atom. The van der Waals surface area contributed by atoms with E-state index in [1.807, 2.05) is 47.9 Å². The lowest BCUT2D eigenvalue weighted by Crippen LogP contribution is -2.08. The number of imidazole rings is 1. The quantitative estimate of drug-likeness (QED) is 0.533. The van der Waals surface area contributed by atoms with Crippen LogP contribution in [0.25, 0.3) is 16.7 Å². The lowest BCUT2D eigenvalue weighted by molar-refractivity contribution is 0.122. The molecule has 0 saturated carbocycles. The summed E-state index contributed by atoms with van der Waals surface area (Å²) in [5.41, 5.74) is 2.46. The number of hydrogen-bond donors (Lipinski definition) is 0. The maximum atomic E-state index is 11.4. The van der Waals surface area contributed by atoms with Crippen LogP contribution < -0.4 is 4.74 Å². The van der Waals surface area contributed by atoms with Gasteiger partial charge in [-0.25, -0.2) is 9.78 Å². The molecule has 0 saturated heterocycles. The minimum absolute atomic E-state index is 0.420. The molecule has 0 unspecified atom stereocenters. The van der Waals surface area contributed by atoms with E-state index in [0.717, 1.165) is 22.5 Å². The Balaban J connectivity index is 2.24. The predicted octanol–water partition coefficient (Wildman–Crippen LogP) is 3.48. The van der Waals surface area contributed by atoms with Crippen LogP contribution in [0.15, 0.2) is 48.5 Å². The van der Waals surface area contributed by atoms with Crippen molar-refractivity contribution in [2.75, 3.05) is 7.11 Å². The van der Waals surface area contributed by atoms with Crippen LogP contribution in [-0.4, -0.2) is 22.8 Å². The van der Waals surface area contributed by atoms with Gasteiger partial charge in [0.1, 0.15) is 11.3 Å². The van der Waals surface area contributed by atoms with Crippen LogP contribution in [0.4, 0.5) is 4.79 Å². The molecule has 5 nitrogen and oxygen atoms in total. The molecule has 0 radical (unpaired) electrons. The molecule has 0 bridgehead atoms. The lowest BCUT2D eigenvalue weighted by atomic mass is 10.2. The van der Waals surface area contributed by atoms with Crippen LogP contribution in [0.3, 0.4) is 0 Å². The first-order chi connectivity index (χ1) is 10.2. The van der Waals surface area contributed by atoms with Gasteiger partial charge in [-0.05, 0) is 31.2 Å². The van der Waals surface area contributed by atoms with Crippen molar-refractivity contribution in [2.24, 2.45) is 0 Å². The molecule has 1 heterocycles. The van der Waals surface area contributed by atoms with Crippen LogP contribution in [0.1, 0.15) is 5.82 Å². The monoisotopic (exact) mass is 282 g/mol. The first kappa shape index (κ1) is 13.2. The Morgan fingerprint density at radius 2 is 1.86 bits per heavy atom. The first-order valence-corrected chi connectivity index (χ1v) is 6.50. The van der Waals surface area contributed by atoms with Gasteiger partial charge in [0.25, 0.3) is 0 Å². The maximum absolute atomic E-state index is 11.4. The molecule has 3 rings (SSSR count). The average Bonchev–Trinajstić information content (AvgIpc) is 2.85. The predicted molar refractivity (Wildman–Crippen MR) is 78.8 cm³/mol. The minimum atomic E-state index is -0.749. The zero-order valence-corrected chi connectivity index (χ0v) is 11.7. The average molecular weight is 282 g/mol. The van der Waals surface area contributed by atoms with Crippen molar-refractivity contribution in [3.05, 3.63) is 54.4 Å². The summed E-state index contributed by atoms with van der Waals surface area (Å²) in [6.45, 7) is 1.91. The van der Waals surface area contributed by atoms with Gasteiger partial charge in [-0.2, -0.15) is 0 Å². The molecule has 0 atom stereocenters. The molecule has 0 fully saturated rings. The number of carbonyl (C=O) groups excluding carboxylic acids is 1. The van der Waals surface area contributed by atoms with Gasteiger partial charge < -0.3 is 9.47 Å². The van der Waals surface area contributed by atoms with Gasteiger partial charge in [0.05, 0.1) is 12.6 Å². The number of para-hydroxylation sites is 2. The van der Waals surface area contributed by atoms with E-state index in [9.17, 15) is 4.79 Å². The summed E-state index contributed by atoms with van der Waals surface area (Å²) in [7, 11) is 1.28. The van der Waals surface area contributed by atoms with Crippen molar-refractivity contribution in [3.8, 4) is 11.4 Å². The number of hydrogen-bond acceptors (Lipinski definition) is 4. The Morgan fingerprint density at radius 1 is 1.10 bits per heavy atom. The topological polar surface area (TPSA) is 53.4 Å². The molecule has 0 N–H and O–H groups in total. The zero-order chi connectivity index (χ0) is 14.8. The van der Waals surface area contributed by atoms with Crippen LogP contribution in [-0.2, 0) is 4.74 Å². The fraction of sp³-hybridized carbons (Fsp3) is 0.125. The van der Waals surface area contributed by atoms with E-state index < -0.39 is 6.16 Å². The van der Waals surface area contributed by atoms with Crippen molar-refractivity contribution in [3.63, 3.8) is 0 Å². The standard InChI is InChI=1S/C16H14N2O3/c1-11-17-13-9-6-10-14(21-16(19)20-2)15(13)18(11)12-7-4-3-5-8-12/h3-10H,1-2H3. The largest absolute Gasteiger partial charge is 0.513 e. The van der Waals surface area contributed by atoms with E-state index in [0.29, 0.717) is 5.75 Å². The number of fused-ring (bicyclic) bond motifs is 1. The summed E-state index contributed by atoms with van der Waals surface area (Å²) in [6.07, 6.45) is -0.749. The molecule has 1 aromatic heterocycles. The van der Waals surface area contributed by atoms with Gasteiger partial charge >= 0.3 is 6.16 Å². The number of ether oxygens (including phenoxy) is 2. The molecule has 0 aliphatic rings. The van der Waals surface area contributed by atoms with Crippen LogP contribution in [0.2, 0.25) is 0 Å². The highest BCUT2D eigenvalue weighted by molar-refractivity contribution is 5.86. The molecule has 2 aromatic carbocycles. The van der Waals surface area contributed by atoms with Gasteiger partial charge in [0, 0.05) is 5.69 Å². The van der Waals surface area contributed by atoms with Gasteiger partial charge in [0.2, 0.25) is 0 Å². The molecule has 106 valence electrons. The third-order valence-electron chi connectivity index (χ3n) is 3.18. The van der Waals surface area contributed by atoms with Gasteiger partial charge in [-0.15, -0.1) is 0 Å².